The van der Waals surface area contributed by atoms with Crippen molar-refractivity contribution in [3.8, 4) is 34.8 Å². The molecule has 60 heavy (non-hydrogen) atoms. The van der Waals surface area contributed by atoms with Gasteiger partial charge in [-0.1, -0.05) is 37.4 Å². The molecule has 13 heteroatoms. The van der Waals surface area contributed by atoms with Gasteiger partial charge in [0.05, 0.1) is 37.6 Å². The van der Waals surface area contributed by atoms with E-state index in [0.29, 0.717) is 49.1 Å². The molecule has 316 valence electrons. The van der Waals surface area contributed by atoms with Gasteiger partial charge in [-0.25, -0.2) is 19.2 Å². The number of aromatic nitrogens is 1. The van der Waals surface area contributed by atoms with Crippen LogP contribution in [0.5, 0.6) is 34.8 Å². The summed E-state index contributed by atoms with van der Waals surface area (Å²) in [6, 6.07) is 20.8. The number of hydrogen-bond acceptors (Lipinski definition) is 12. The summed E-state index contributed by atoms with van der Waals surface area (Å²) in [5.41, 5.74) is 1.08. The number of rotatable bonds is 22. The van der Waals surface area contributed by atoms with Gasteiger partial charge in [0.25, 0.3) is 0 Å². The summed E-state index contributed by atoms with van der Waals surface area (Å²) < 4.78 is 34.0. The highest BCUT2D eigenvalue weighted by molar-refractivity contribution is 5.99. The van der Waals surface area contributed by atoms with Crippen LogP contribution in [0.4, 0.5) is 0 Å². The minimum Gasteiger partial charge on any atom is -0.494 e. The largest absolute Gasteiger partial charge is 0.494 e. The lowest BCUT2D eigenvalue weighted by Gasteiger charge is -2.10. The molecule has 0 aliphatic rings. The van der Waals surface area contributed by atoms with Crippen molar-refractivity contribution in [2.45, 2.75) is 65.2 Å². The van der Waals surface area contributed by atoms with E-state index in [1.54, 1.807) is 62.4 Å². The number of fused-ring (bicyclic) bond motifs is 2. The number of esters is 4. The van der Waals surface area contributed by atoms with Gasteiger partial charge in [0.1, 0.15) is 11.5 Å². The van der Waals surface area contributed by atoms with Crippen LogP contribution in [-0.4, -0.2) is 65.1 Å². The minimum absolute atomic E-state index is 0.154. The number of ether oxygens (including phenoxy) is 6. The second kappa shape index (κ2) is 21.3. The third-order valence-electron chi connectivity index (χ3n) is 9.51. The molecule has 0 radical (unpaired) electrons. The molecule has 0 aliphatic heterocycles. The van der Waals surface area contributed by atoms with Gasteiger partial charge in [0.2, 0.25) is 23.3 Å². The molecule has 5 rings (SSSR count). The second-order valence-corrected chi connectivity index (χ2v) is 14.4. The molecule has 1 heterocycles. The van der Waals surface area contributed by atoms with E-state index in [-0.39, 0.29) is 23.1 Å². The summed E-state index contributed by atoms with van der Waals surface area (Å²) in [6.07, 6.45) is 6.85. The molecular formula is C47H51NO12. The summed E-state index contributed by atoms with van der Waals surface area (Å²) in [6.45, 7) is 12.1. The molecule has 4 aromatic carbocycles. The van der Waals surface area contributed by atoms with Crippen LogP contribution in [-0.2, 0) is 26.1 Å². The van der Waals surface area contributed by atoms with Gasteiger partial charge in [-0.3, -0.25) is 4.57 Å². The highest BCUT2D eigenvalue weighted by Gasteiger charge is 2.29. The number of benzene rings is 4. The fourth-order valence-electron chi connectivity index (χ4n) is 6.05. The maximum Gasteiger partial charge on any atom is 0.343 e. The first-order valence-electron chi connectivity index (χ1n) is 19.9. The molecule has 0 aliphatic carbocycles. The van der Waals surface area contributed by atoms with Crippen molar-refractivity contribution in [2.75, 3.05) is 26.4 Å². The lowest BCUT2D eigenvalue weighted by atomic mass is 10.1. The number of aromatic hydroxyl groups is 2. The molecule has 2 N–H and O–H groups in total. The Balaban J connectivity index is 1.12. The summed E-state index contributed by atoms with van der Waals surface area (Å²) in [5.74, 6) is -3.37. The first-order valence-corrected chi connectivity index (χ1v) is 19.9. The Labute approximate surface area is 348 Å². The van der Waals surface area contributed by atoms with Crippen molar-refractivity contribution < 1.29 is 57.8 Å². The van der Waals surface area contributed by atoms with E-state index in [9.17, 15) is 29.4 Å². The predicted octanol–water partition coefficient (Wildman–Crippen LogP) is 9.30. The Morgan fingerprint density at radius 3 is 1.25 bits per heavy atom. The van der Waals surface area contributed by atoms with E-state index < -0.39 is 35.2 Å². The maximum absolute atomic E-state index is 13.3. The summed E-state index contributed by atoms with van der Waals surface area (Å²) in [4.78, 5) is 49.6. The number of carbonyl (C=O) groups excluding carboxylic acids is 4. The van der Waals surface area contributed by atoms with Gasteiger partial charge in [-0.05, 0) is 135 Å². The molecule has 1 aromatic heterocycles. The summed E-state index contributed by atoms with van der Waals surface area (Å²) in [7, 11) is 1.32. The van der Waals surface area contributed by atoms with E-state index in [1.165, 1.54) is 7.05 Å². The Morgan fingerprint density at radius 2 is 0.867 bits per heavy atom. The van der Waals surface area contributed by atoms with E-state index in [2.05, 4.69) is 13.2 Å². The van der Waals surface area contributed by atoms with Gasteiger partial charge in [0.15, 0.2) is 0 Å². The van der Waals surface area contributed by atoms with Crippen molar-refractivity contribution in [3.05, 3.63) is 108 Å². The van der Waals surface area contributed by atoms with Crippen LogP contribution in [0.3, 0.4) is 0 Å². The molecule has 0 atom stereocenters. The standard InChI is InChI=1S/C47H51NO12/c1-30(2)44(51)57-24-12-8-6-10-22-55-38-20-18-32-26-36(16-14-34(32)28-38)46(53)59-40-41(43(50)48(5)42(40)49)60-47(54)37-17-15-35-29-39(21-19-33(35)27-37)56-23-11-7-9-13-25-58-45(52)31(3)4/h14-21,26-29,49-50H,1,3,6-13,22-25H2,2,4-5H3. The Morgan fingerprint density at radius 1 is 0.517 bits per heavy atom. The van der Waals surface area contributed by atoms with E-state index >= 15 is 0 Å². The SMILES string of the molecule is C=C(C)C(=O)OCCCCCCOc1ccc2cc(C(=O)Oc3c(OC(=O)c4ccc5cc(OCCCCCCOC(=O)C(=C)C)ccc5c4)c(O)n(C)c3O)ccc2c1. The topological polar surface area (TPSA) is 169 Å². The predicted molar refractivity (Wildman–Crippen MR) is 226 cm³/mol. The zero-order chi connectivity index (χ0) is 43.2. The molecule has 0 fully saturated rings. The van der Waals surface area contributed by atoms with E-state index in [4.69, 9.17) is 28.4 Å². The lowest BCUT2D eigenvalue weighted by molar-refractivity contribution is -0.139. The quantitative estimate of drug-likeness (QED) is 0.0386. The van der Waals surface area contributed by atoms with Crippen LogP contribution < -0.4 is 18.9 Å². The Kier molecular flexibility index (Phi) is 15.7. The average Bonchev–Trinajstić information content (AvgIpc) is 3.43. The smallest absolute Gasteiger partial charge is 0.343 e. The van der Waals surface area contributed by atoms with Crippen molar-refractivity contribution in [1.82, 2.24) is 4.57 Å². The molecule has 0 unspecified atom stereocenters. The van der Waals surface area contributed by atoms with Gasteiger partial charge < -0.3 is 38.6 Å². The molecule has 0 bridgehead atoms. The summed E-state index contributed by atoms with van der Waals surface area (Å²) >= 11 is 0. The van der Waals surface area contributed by atoms with Crippen molar-refractivity contribution in [2.24, 2.45) is 7.05 Å². The summed E-state index contributed by atoms with van der Waals surface area (Å²) in [5, 5.41) is 24.6. The van der Waals surface area contributed by atoms with Crippen LogP contribution in [0, 0.1) is 0 Å². The highest BCUT2D eigenvalue weighted by Crippen LogP contribution is 2.47. The molecule has 0 saturated heterocycles. The fourth-order valence-corrected chi connectivity index (χ4v) is 6.05. The monoisotopic (exact) mass is 821 g/mol. The first kappa shape index (κ1) is 44.3. The Bertz CT molecular complexity index is 2210. The van der Waals surface area contributed by atoms with Crippen LogP contribution in [0.1, 0.15) is 85.9 Å². The van der Waals surface area contributed by atoms with Crippen molar-refractivity contribution in [1.29, 1.82) is 0 Å². The van der Waals surface area contributed by atoms with Crippen LogP contribution in [0.15, 0.2) is 97.1 Å². The number of nitrogens with zero attached hydrogens (tertiary/aromatic N) is 1. The Hall–Kier alpha value is -6.76. The maximum atomic E-state index is 13.3. The van der Waals surface area contributed by atoms with Gasteiger partial charge >= 0.3 is 23.9 Å². The normalized spacial score (nSPS) is 10.9. The third kappa shape index (κ3) is 12.1. The average molecular weight is 822 g/mol. The number of carbonyl (C=O) groups is 4. The third-order valence-corrected chi connectivity index (χ3v) is 9.51. The van der Waals surface area contributed by atoms with Crippen molar-refractivity contribution in [3.63, 3.8) is 0 Å². The molecule has 0 amide bonds. The molecule has 13 nitrogen and oxygen atoms in total. The lowest BCUT2D eigenvalue weighted by Crippen LogP contribution is -2.12. The molecule has 0 saturated carbocycles. The van der Waals surface area contributed by atoms with Gasteiger partial charge in [-0.15, -0.1) is 0 Å². The number of hydrogen-bond donors (Lipinski definition) is 2. The van der Waals surface area contributed by atoms with Gasteiger partial charge in [-0.2, -0.15) is 0 Å². The highest BCUT2D eigenvalue weighted by atomic mass is 16.6. The second-order valence-electron chi connectivity index (χ2n) is 14.4. The van der Waals surface area contributed by atoms with Crippen molar-refractivity contribution >= 4 is 45.4 Å². The first-order chi connectivity index (χ1) is 28.8. The van der Waals surface area contributed by atoms with E-state index in [1.807, 2.05) is 24.3 Å². The van der Waals surface area contributed by atoms with Crippen LogP contribution in [0.25, 0.3) is 21.5 Å². The zero-order valence-electron chi connectivity index (χ0n) is 34.3. The van der Waals surface area contributed by atoms with E-state index in [0.717, 1.165) is 77.5 Å². The zero-order valence-corrected chi connectivity index (χ0v) is 34.3. The minimum atomic E-state index is -0.852. The molecule has 5 aromatic rings. The fraction of sp³-hybridized carbons (Fsp3) is 0.319. The number of unbranched alkanes of at least 4 members (excludes halogenated alkanes) is 6. The molecular weight excluding hydrogens is 771 g/mol. The van der Waals surface area contributed by atoms with Gasteiger partial charge in [0, 0.05) is 18.2 Å². The molecule has 0 spiro atoms. The van der Waals surface area contributed by atoms with Crippen LogP contribution in [0.2, 0.25) is 0 Å². The van der Waals surface area contributed by atoms with Crippen LogP contribution >= 0.6 is 0 Å².